The van der Waals surface area contributed by atoms with E-state index in [0.29, 0.717) is 23.8 Å². The number of fused-ring (bicyclic) bond motifs is 3. The van der Waals surface area contributed by atoms with Crippen molar-refractivity contribution >= 4 is 11.4 Å². The molecule has 0 bridgehead atoms. The van der Waals surface area contributed by atoms with E-state index in [2.05, 4.69) is 10.1 Å². The monoisotopic (exact) mass is 424 g/mol. The molecule has 32 heavy (non-hydrogen) atoms. The summed E-state index contributed by atoms with van der Waals surface area (Å²) >= 11 is 0. The average molecular weight is 424 g/mol. The van der Waals surface area contributed by atoms with Crippen molar-refractivity contribution in [1.29, 1.82) is 0 Å². The Kier molecular flexibility index (Phi) is 4.45. The number of benzene rings is 2. The second kappa shape index (κ2) is 7.60. The molecular weight excluding hydrogens is 404 g/mol. The third-order valence-electron chi connectivity index (χ3n) is 5.88. The van der Waals surface area contributed by atoms with E-state index in [0.717, 1.165) is 41.1 Å². The lowest BCUT2D eigenvalue weighted by molar-refractivity contribution is -0.116. The largest absolute Gasteiger partial charge is 0.486 e. The lowest BCUT2D eigenvalue weighted by Gasteiger charge is -2.31. The highest BCUT2D eigenvalue weighted by Crippen LogP contribution is 2.46. The summed E-state index contributed by atoms with van der Waals surface area (Å²) in [6.07, 6.45) is 3.66. The van der Waals surface area contributed by atoms with Gasteiger partial charge < -0.3 is 9.47 Å². The highest BCUT2D eigenvalue weighted by atomic mass is 16.5. The summed E-state index contributed by atoms with van der Waals surface area (Å²) < 4.78 is 13.6. The Hall–Kier alpha value is -4.00. The molecule has 2 aromatic heterocycles. The van der Waals surface area contributed by atoms with Crippen LogP contribution in [0.4, 0.5) is 0 Å². The summed E-state index contributed by atoms with van der Waals surface area (Å²) in [6.45, 7) is 0.226. The molecule has 1 aliphatic heterocycles. The summed E-state index contributed by atoms with van der Waals surface area (Å²) in [6, 6.07) is 19.6. The Morgan fingerprint density at radius 1 is 1.03 bits per heavy atom. The number of carbonyl (C=O) groups is 1. The molecule has 1 atom stereocenters. The molecule has 158 valence electrons. The molecule has 2 aliphatic rings. The number of para-hydroxylation sites is 1. The molecule has 2 aromatic carbocycles. The topological polar surface area (TPSA) is 78.6 Å². The summed E-state index contributed by atoms with van der Waals surface area (Å²) in [4.78, 5) is 22.3. The van der Waals surface area contributed by atoms with Crippen LogP contribution < -0.4 is 9.47 Å². The van der Waals surface area contributed by atoms with Gasteiger partial charge in [0.1, 0.15) is 24.4 Å². The molecule has 0 unspecified atom stereocenters. The molecule has 3 heterocycles. The maximum absolute atomic E-state index is 13.0. The van der Waals surface area contributed by atoms with Gasteiger partial charge in [-0.1, -0.05) is 48.5 Å². The summed E-state index contributed by atoms with van der Waals surface area (Å²) in [7, 11) is 0. The van der Waals surface area contributed by atoms with Crippen LogP contribution in [-0.2, 0) is 11.4 Å². The molecule has 4 aromatic rings. The minimum Gasteiger partial charge on any atom is -0.486 e. The Balaban J connectivity index is 1.47. The van der Waals surface area contributed by atoms with Crippen molar-refractivity contribution in [1.82, 2.24) is 19.6 Å². The van der Waals surface area contributed by atoms with Crippen LogP contribution in [-0.4, -0.2) is 25.4 Å². The number of allylic oxidation sites excluding steroid dienone is 2. The van der Waals surface area contributed by atoms with Gasteiger partial charge in [0.05, 0.1) is 5.56 Å². The molecule has 0 N–H and O–H groups in total. The van der Waals surface area contributed by atoms with Crippen LogP contribution in [0.2, 0.25) is 0 Å². The molecule has 7 heteroatoms. The van der Waals surface area contributed by atoms with E-state index >= 15 is 0 Å². The van der Waals surface area contributed by atoms with E-state index in [1.807, 2.05) is 60.7 Å². The maximum atomic E-state index is 13.0. The van der Waals surface area contributed by atoms with Gasteiger partial charge in [-0.25, -0.2) is 14.5 Å². The van der Waals surface area contributed by atoms with E-state index < -0.39 is 0 Å². The van der Waals surface area contributed by atoms with Gasteiger partial charge in [-0.05, 0) is 24.1 Å². The number of rotatable bonds is 4. The van der Waals surface area contributed by atoms with Crippen LogP contribution in [0.15, 0.2) is 78.3 Å². The van der Waals surface area contributed by atoms with Gasteiger partial charge in [-0.3, -0.25) is 4.79 Å². The third kappa shape index (κ3) is 3.13. The predicted octanol–water partition coefficient (Wildman–Crippen LogP) is 4.23. The molecule has 0 saturated carbocycles. The van der Waals surface area contributed by atoms with Crippen molar-refractivity contribution < 1.29 is 14.3 Å². The van der Waals surface area contributed by atoms with Crippen molar-refractivity contribution in [3.05, 3.63) is 95.3 Å². The fourth-order valence-corrected chi connectivity index (χ4v) is 4.47. The molecule has 1 aliphatic carbocycles. The van der Waals surface area contributed by atoms with E-state index in [9.17, 15) is 4.79 Å². The molecule has 6 rings (SSSR count). The molecule has 0 spiro atoms. The lowest BCUT2D eigenvalue weighted by atomic mass is 9.78. The first kappa shape index (κ1) is 18.7. The SMILES string of the molecule is O=C1CCCC2=C1[C@@H](c1ccccc1)c1c(ncn3nc(COc4ccccc4)nc13)O2. The predicted molar refractivity (Wildman–Crippen MR) is 116 cm³/mol. The number of aromatic nitrogens is 4. The molecule has 0 radical (unpaired) electrons. The number of ether oxygens (including phenoxy) is 2. The Bertz CT molecular complexity index is 1350. The van der Waals surface area contributed by atoms with E-state index in [1.54, 1.807) is 10.8 Å². The first-order valence-electron chi connectivity index (χ1n) is 10.7. The number of hydrogen-bond acceptors (Lipinski definition) is 6. The zero-order valence-corrected chi connectivity index (χ0v) is 17.3. The van der Waals surface area contributed by atoms with E-state index in [4.69, 9.17) is 14.5 Å². The molecule has 0 saturated heterocycles. The molecule has 0 amide bonds. The van der Waals surface area contributed by atoms with Crippen LogP contribution in [0.3, 0.4) is 0 Å². The first-order chi connectivity index (χ1) is 15.8. The van der Waals surface area contributed by atoms with Gasteiger partial charge in [-0.2, -0.15) is 0 Å². The van der Waals surface area contributed by atoms with Crippen molar-refractivity contribution in [3.63, 3.8) is 0 Å². The highest BCUT2D eigenvalue weighted by molar-refractivity contribution is 6.00. The summed E-state index contributed by atoms with van der Waals surface area (Å²) in [5.74, 6) is 2.34. The minimum atomic E-state index is -0.286. The van der Waals surface area contributed by atoms with Crippen molar-refractivity contribution in [3.8, 4) is 11.6 Å². The number of carbonyl (C=O) groups excluding carboxylic acids is 1. The minimum absolute atomic E-state index is 0.125. The van der Waals surface area contributed by atoms with E-state index in [1.165, 1.54) is 0 Å². The number of Topliss-reactive ketones (excluding diaryl/α,β-unsaturated/α-hetero) is 1. The van der Waals surface area contributed by atoms with Gasteiger partial charge >= 0.3 is 0 Å². The standard InChI is InChI=1S/C25H20N4O3/c30-18-12-7-13-19-22(18)21(16-8-3-1-4-9-16)23-24-27-20(14-31-17-10-5-2-6-11-17)28-29(24)15-26-25(23)32-19/h1-6,8-11,15,21H,7,12-14H2/t21-/m1/s1. The number of hydrogen-bond donors (Lipinski definition) is 0. The Labute approximate surface area is 184 Å². The Morgan fingerprint density at radius 2 is 1.81 bits per heavy atom. The maximum Gasteiger partial charge on any atom is 0.228 e. The van der Waals surface area contributed by atoms with Gasteiger partial charge in [0.15, 0.2) is 17.3 Å². The van der Waals surface area contributed by atoms with Crippen LogP contribution in [0, 0.1) is 0 Å². The van der Waals surface area contributed by atoms with Gasteiger partial charge in [0.2, 0.25) is 5.88 Å². The van der Waals surface area contributed by atoms with Crippen molar-refractivity contribution in [2.45, 2.75) is 31.8 Å². The lowest BCUT2D eigenvalue weighted by Crippen LogP contribution is -2.26. The van der Waals surface area contributed by atoms with Crippen molar-refractivity contribution in [2.24, 2.45) is 0 Å². The summed E-state index contributed by atoms with van der Waals surface area (Å²) in [5.41, 5.74) is 3.13. The van der Waals surface area contributed by atoms with Gasteiger partial charge in [-0.15, -0.1) is 5.10 Å². The van der Waals surface area contributed by atoms with Crippen LogP contribution in [0.25, 0.3) is 5.65 Å². The molecule has 7 nitrogen and oxygen atoms in total. The smallest absolute Gasteiger partial charge is 0.228 e. The Morgan fingerprint density at radius 3 is 2.62 bits per heavy atom. The van der Waals surface area contributed by atoms with Crippen LogP contribution in [0.5, 0.6) is 11.6 Å². The van der Waals surface area contributed by atoms with Crippen LogP contribution >= 0.6 is 0 Å². The zero-order chi connectivity index (χ0) is 21.5. The summed E-state index contributed by atoms with van der Waals surface area (Å²) in [5, 5.41) is 4.55. The number of nitrogens with zero attached hydrogens (tertiary/aromatic N) is 4. The quantitative estimate of drug-likeness (QED) is 0.488. The zero-order valence-electron chi connectivity index (χ0n) is 17.3. The molecular formula is C25H20N4O3. The second-order valence-corrected chi connectivity index (χ2v) is 7.92. The first-order valence-corrected chi connectivity index (χ1v) is 10.7. The fourth-order valence-electron chi connectivity index (χ4n) is 4.47. The van der Waals surface area contributed by atoms with Crippen LogP contribution in [0.1, 0.15) is 42.1 Å². The molecule has 0 fully saturated rings. The normalized spacial score (nSPS) is 17.6. The fraction of sp³-hybridized carbons (Fsp3) is 0.200. The third-order valence-corrected chi connectivity index (χ3v) is 5.88. The average Bonchev–Trinajstić information content (AvgIpc) is 3.26. The highest BCUT2D eigenvalue weighted by Gasteiger charge is 2.39. The van der Waals surface area contributed by atoms with E-state index in [-0.39, 0.29) is 18.3 Å². The second-order valence-electron chi connectivity index (χ2n) is 7.92. The van der Waals surface area contributed by atoms with Crippen molar-refractivity contribution in [2.75, 3.05) is 0 Å². The van der Waals surface area contributed by atoms with Gasteiger partial charge in [0.25, 0.3) is 0 Å². The van der Waals surface area contributed by atoms with Gasteiger partial charge in [0, 0.05) is 24.3 Å². The number of ketones is 1.